The summed E-state index contributed by atoms with van der Waals surface area (Å²) in [7, 11) is 3.10. The molecule has 2 aromatic heterocycles. The first kappa shape index (κ1) is 26.9. The molecule has 0 saturated heterocycles. The average Bonchev–Trinajstić information content (AvgIpc) is 3.56. The highest BCUT2D eigenvalue weighted by Gasteiger charge is 2.21. The number of hydrogen-bond acceptors (Lipinski definition) is 9. The van der Waals surface area contributed by atoms with E-state index in [9.17, 15) is 9.59 Å². The summed E-state index contributed by atoms with van der Waals surface area (Å²) in [5.41, 5.74) is 0.897. The lowest BCUT2D eigenvalue weighted by molar-refractivity contribution is -0.113. The molecule has 4 aromatic rings. The van der Waals surface area contributed by atoms with E-state index in [-0.39, 0.29) is 24.1 Å². The molecular formula is C23H20BrClN6O4S2. The maximum Gasteiger partial charge on any atom is 0.253 e. The van der Waals surface area contributed by atoms with E-state index in [4.69, 9.17) is 21.1 Å². The van der Waals surface area contributed by atoms with E-state index in [1.807, 2.05) is 0 Å². The predicted octanol–water partition coefficient (Wildman–Crippen LogP) is 4.82. The van der Waals surface area contributed by atoms with E-state index < -0.39 is 0 Å². The Morgan fingerprint density at radius 2 is 2.00 bits per heavy atom. The number of carbonyl (C=O) groups is 2. The van der Waals surface area contributed by atoms with Gasteiger partial charge in [-0.3, -0.25) is 14.2 Å². The monoisotopic (exact) mass is 622 g/mol. The van der Waals surface area contributed by atoms with Gasteiger partial charge in [0, 0.05) is 22.1 Å². The van der Waals surface area contributed by atoms with Crippen LogP contribution >= 0.6 is 50.6 Å². The molecule has 0 fully saturated rings. The van der Waals surface area contributed by atoms with Crippen molar-refractivity contribution in [2.24, 2.45) is 0 Å². The Labute approximate surface area is 233 Å². The number of amides is 2. The molecule has 192 valence electrons. The van der Waals surface area contributed by atoms with Crippen molar-refractivity contribution in [3.63, 3.8) is 0 Å². The minimum Gasteiger partial charge on any atom is -0.497 e. The van der Waals surface area contributed by atoms with Crippen molar-refractivity contribution in [3.05, 3.63) is 68.9 Å². The molecule has 0 bridgehead atoms. The van der Waals surface area contributed by atoms with Crippen LogP contribution in [0.4, 0.5) is 5.13 Å². The van der Waals surface area contributed by atoms with Crippen molar-refractivity contribution in [3.8, 4) is 17.2 Å². The first-order chi connectivity index (χ1) is 17.9. The number of benzene rings is 2. The lowest BCUT2D eigenvalue weighted by Crippen LogP contribution is -2.25. The summed E-state index contributed by atoms with van der Waals surface area (Å²) in [6, 6.07) is 10.3. The maximum atomic E-state index is 12.9. The largest absolute Gasteiger partial charge is 0.497 e. The summed E-state index contributed by atoms with van der Waals surface area (Å²) in [4.78, 5) is 29.4. The molecule has 0 spiro atoms. The van der Waals surface area contributed by atoms with E-state index in [0.29, 0.717) is 43.9 Å². The third kappa shape index (κ3) is 6.60. The molecule has 2 heterocycles. The minimum atomic E-state index is -0.379. The summed E-state index contributed by atoms with van der Waals surface area (Å²) < 4.78 is 13.4. The van der Waals surface area contributed by atoms with Gasteiger partial charge >= 0.3 is 0 Å². The van der Waals surface area contributed by atoms with Gasteiger partial charge in [0.2, 0.25) is 5.91 Å². The molecular weight excluding hydrogens is 604 g/mol. The van der Waals surface area contributed by atoms with Gasteiger partial charge in [0.1, 0.15) is 11.5 Å². The van der Waals surface area contributed by atoms with Gasteiger partial charge in [0.15, 0.2) is 16.1 Å². The Kier molecular flexibility index (Phi) is 9.03. The van der Waals surface area contributed by atoms with Crippen molar-refractivity contribution in [2.75, 3.05) is 25.3 Å². The number of aromatic nitrogens is 4. The zero-order valence-electron chi connectivity index (χ0n) is 19.5. The lowest BCUT2D eigenvalue weighted by atomic mass is 10.2. The van der Waals surface area contributed by atoms with E-state index in [1.54, 1.807) is 66.8 Å². The zero-order valence-corrected chi connectivity index (χ0v) is 23.5. The molecule has 0 aliphatic carbocycles. The third-order valence-corrected chi connectivity index (χ3v) is 7.36. The van der Waals surface area contributed by atoms with Gasteiger partial charge in [-0.05, 0) is 30.3 Å². The van der Waals surface area contributed by atoms with Crippen molar-refractivity contribution in [2.45, 2.75) is 11.7 Å². The maximum absolute atomic E-state index is 12.9. The van der Waals surface area contributed by atoms with Crippen molar-refractivity contribution < 1.29 is 19.1 Å². The fourth-order valence-corrected chi connectivity index (χ4v) is 5.09. The molecule has 2 N–H and O–H groups in total. The number of hydrogen-bond donors (Lipinski definition) is 2. The fourth-order valence-electron chi connectivity index (χ4n) is 3.22. The molecule has 0 aliphatic rings. The summed E-state index contributed by atoms with van der Waals surface area (Å²) in [5.74, 6) is 0.954. The third-order valence-electron chi connectivity index (χ3n) is 4.92. The number of ether oxygens (including phenoxy) is 2. The number of thiazole rings is 1. The van der Waals surface area contributed by atoms with Crippen molar-refractivity contribution in [1.29, 1.82) is 0 Å². The molecule has 2 amide bonds. The van der Waals surface area contributed by atoms with Crippen molar-refractivity contribution in [1.82, 2.24) is 25.1 Å². The summed E-state index contributed by atoms with van der Waals surface area (Å²) >= 11 is 12.1. The van der Waals surface area contributed by atoms with Gasteiger partial charge in [0.25, 0.3) is 5.91 Å². The van der Waals surface area contributed by atoms with E-state index in [2.05, 4.69) is 41.7 Å². The molecule has 0 unspecified atom stereocenters. The lowest BCUT2D eigenvalue weighted by Gasteiger charge is -2.15. The Bertz CT molecular complexity index is 1420. The zero-order chi connectivity index (χ0) is 26.4. The average molecular weight is 624 g/mol. The number of methoxy groups -OCH3 is 2. The van der Waals surface area contributed by atoms with Crippen LogP contribution in [-0.2, 0) is 11.3 Å². The highest BCUT2D eigenvalue weighted by molar-refractivity contribution is 9.10. The fraction of sp³-hybridized carbons (Fsp3) is 0.174. The first-order valence-electron chi connectivity index (χ1n) is 10.6. The van der Waals surface area contributed by atoms with Gasteiger partial charge in [-0.2, -0.15) is 0 Å². The summed E-state index contributed by atoms with van der Waals surface area (Å²) in [6.07, 6.45) is 1.61. The molecule has 14 heteroatoms. The summed E-state index contributed by atoms with van der Waals surface area (Å²) in [6.45, 7) is 0.0287. The molecule has 2 aromatic carbocycles. The summed E-state index contributed by atoms with van der Waals surface area (Å²) in [5, 5.41) is 17.2. The second kappa shape index (κ2) is 12.4. The van der Waals surface area contributed by atoms with Crippen LogP contribution in [0.2, 0.25) is 5.02 Å². The van der Waals surface area contributed by atoms with Crippen LogP contribution in [0.25, 0.3) is 5.69 Å². The Balaban J connectivity index is 1.62. The molecule has 0 atom stereocenters. The van der Waals surface area contributed by atoms with Gasteiger partial charge in [0.05, 0.1) is 42.8 Å². The first-order valence-corrected chi connectivity index (χ1v) is 13.6. The van der Waals surface area contributed by atoms with E-state index in [1.165, 1.54) is 23.1 Å². The number of anilines is 1. The number of nitrogens with zero attached hydrogens (tertiary/aromatic N) is 4. The molecule has 4 rings (SSSR count). The van der Waals surface area contributed by atoms with Gasteiger partial charge < -0.3 is 20.1 Å². The smallest absolute Gasteiger partial charge is 0.253 e. The van der Waals surface area contributed by atoms with Crippen molar-refractivity contribution >= 4 is 67.6 Å². The molecule has 10 nitrogen and oxygen atoms in total. The molecule has 0 radical (unpaired) electrons. The highest BCUT2D eigenvalue weighted by atomic mass is 79.9. The number of nitrogens with one attached hydrogen (secondary N) is 2. The minimum absolute atomic E-state index is 0.0287. The topological polar surface area (TPSA) is 120 Å². The van der Waals surface area contributed by atoms with Crippen LogP contribution in [0.5, 0.6) is 11.5 Å². The second-order valence-electron chi connectivity index (χ2n) is 7.25. The van der Waals surface area contributed by atoms with E-state index in [0.717, 1.165) is 4.47 Å². The quantitative estimate of drug-likeness (QED) is 0.241. The molecule has 0 aliphatic heterocycles. The number of carbonyl (C=O) groups excluding carboxylic acids is 2. The Hall–Kier alpha value is -3.13. The van der Waals surface area contributed by atoms with Crippen LogP contribution in [0, 0.1) is 0 Å². The number of halogens is 2. The number of rotatable bonds is 10. The Morgan fingerprint density at radius 1 is 1.16 bits per heavy atom. The standard InChI is InChI=1S/C23H20BrClN6O4S2/c1-34-14-4-6-18(35-2)17(10-14)31-19(11-27-21(33)15-9-13(24)3-5-16(15)25)29-30-23(31)37-12-20(32)28-22-26-7-8-36-22/h3-10H,11-12H2,1-2H3,(H,27,33)(H,26,28,32). The van der Waals surface area contributed by atoms with E-state index >= 15 is 0 Å². The SMILES string of the molecule is COc1ccc(OC)c(-n2c(CNC(=O)c3cc(Br)ccc3Cl)nnc2SCC(=O)Nc2nccs2)c1. The highest BCUT2D eigenvalue weighted by Crippen LogP contribution is 2.32. The molecule has 37 heavy (non-hydrogen) atoms. The van der Waals surface area contributed by atoms with Crippen LogP contribution in [0.1, 0.15) is 16.2 Å². The van der Waals surface area contributed by atoms with Crippen LogP contribution in [-0.4, -0.2) is 51.5 Å². The predicted molar refractivity (Wildman–Crippen MR) is 146 cm³/mol. The molecule has 0 saturated carbocycles. The van der Waals surface area contributed by atoms with Crippen LogP contribution < -0.4 is 20.1 Å². The van der Waals surface area contributed by atoms with Gasteiger partial charge in [-0.1, -0.05) is 39.3 Å². The van der Waals surface area contributed by atoms with Crippen LogP contribution in [0.3, 0.4) is 0 Å². The Morgan fingerprint density at radius 3 is 2.73 bits per heavy atom. The van der Waals surface area contributed by atoms with Gasteiger partial charge in [-0.25, -0.2) is 4.98 Å². The normalized spacial score (nSPS) is 10.7. The van der Waals surface area contributed by atoms with Gasteiger partial charge in [-0.15, -0.1) is 21.5 Å². The number of thioether (sulfide) groups is 1. The van der Waals surface area contributed by atoms with Crippen LogP contribution in [0.15, 0.2) is 57.6 Å². The second-order valence-corrected chi connectivity index (χ2v) is 10.4.